The maximum absolute atomic E-state index is 12.7. The van der Waals surface area contributed by atoms with E-state index >= 15 is 0 Å². The number of carbonyl (C=O) groups excluding carboxylic acids is 1. The topological polar surface area (TPSA) is 25.2 Å². The number of nitrogens with zero attached hydrogens (tertiary/aromatic N) is 2. The molecule has 2 bridgehead atoms. The second-order valence-corrected chi connectivity index (χ2v) is 7.87. The predicted octanol–water partition coefficient (Wildman–Crippen LogP) is 4.63. The number of Topliss-reactive ketones (excluding diaryl/α,β-unsaturated/α-hetero) is 1. The maximum atomic E-state index is 12.7. The van der Waals surface area contributed by atoms with Gasteiger partial charge in [0.1, 0.15) is 0 Å². The van der Waals surface area contributed by atoms with Crippen LogP contribution in [0, 0.1) is 12.8 Å². The summed E-state index contributed by atoms with van der Waals surface area (Å²) in [5, 5.41) is 1.22. The van der Waals surface area contributed by atoms with Crippen molar-refractivity contribution in [3.05, 3.63) is 77.1 Å². The Morgan fingerprint density at radius 3 is 2.52 bits per heavy atom. The molecule has 4 heterocycles. The van der Waals surface area contributed by atoms with Crippen molar-refractivity contribution in [1.82, 2.24) is 9.47 Å². The first kappa shape index (κ1) is 16.4. The minimum atomic E-state index is 0.238. The minimum Gasteiger partial charge on any atom is -0.369 e. The Kier molecular flexibility index (Phi) is 3.89. The lowest BCUT2D eigenvalue weighted by molar-refractivity contribution is -0.125. The largest absolute Gasteiger partial charge is 0.369 e. The van der Waals surface area contributed by atoms with Gasteiger partial charge in [0, 0.05) is 48.2 Å². The molecule has 3 aromatic rings. The smallest absolute Gasteiger partial charge is 0.182 e. The molecule has 1 aromatic heterocycles. The molecule has 3 aliphatic rings. The average Bonchev–Trinajstić information content (AvgIpc) is 3.04. The molecule has 3 aliphatic heterocycles. The van der Waals surface area contributed by atoms with E-state index in [9.17, 15) is 4.79 Å². The van der Waals surface area contributed by atoms with Gasteiger partial charge in [0.25, 0.3) is 0 Å². The zero-order valence-electron chi connectivity index (χ0n) is 15.7. The molecule has 3 saturated heterocycles. The number of para-hydroxylation sites is 1. The molecule has 0 aliphatic carbocycles. The Morgan fingerprint density at radius 1 is 1.04 bits per heavy atom. The molecule has 0 atom stereocenters. The van der Waals surface area contributed by atoms with Crippen LogP contribution in [0.4, 0.5) is 0 Å². The SMILES string of the molecule is Cc1ccc(Cn2cc(/C=C3/C(=O)C4CCN3CC4)c3ccccc32)cc1. The summed E-state index contributed by atoms with van der Waals surface area (Å²) in [7, 11) is 0. The molecular weight excluding hydrogens is 332 g/mol. The van der Waals surface area contributed by atoms with Crippen molar-refractivity contribution in [2.45, 2.75) is 26.3 Å². The number of hydrogen-bond acceptors (Lipinski definition) is 2. The van der Waals surface area contributed by atoms with Crippen LogP contribution in [0.2, 0.25) is 0 Å². The van der Waals surface area contributed by atoms with Crippen LogP contribution in [0.15, 0.2) is 60.4 Å². The standard InChI is InChI=1S/C24H24N2O/c1-17-6-8-18(9-7-17)15-26-16-20(21-4-2-3-5-22(21)26)14-23-24(27)19-10-12-25(23)13-11-19/h2-9,14,16,19H,10-13,15H2,1H3/b23-14-. The summed E-state index contributed by atoms with van der Waals surface area (Å²) in [6.07, 6.45) is 6.37. The molecule has 3 fully saturated rings. The number of carbonyl (C=O) groups is 1. The first-order chi connectivity index (χ1) is 13.2. The monoisotopic (exact) mass is 356 g/mol. The van der Waals surface area contributed by atoms with Gasteiger partial charge in [-0.25, -0.2) is 0 Å². The van der Waals surface area contributed by atoms with E-state index in [-0.39, 0.29) is 5.92 Å². The molecule has 0 N–H and O–H groups in total. The number of allylic oxidation sites excluding steroid dienone is 1. The van der Waals surface area contributed by atoms with Crippen LogP contribution >= 0.6 is 0 Å². The highest BCUT2D eigenvalue weighted by atomic mass is 16.1. The van der Waals surface area contributed by atoms with Crippen molar-refractivity contribution in [3.8, 4) is 0 Å². The van der Waals surface area contributed by atoms with E-state index in [2.05, 4.69) is 77.2 Å². The Morgan fingerprint density at radius 2 is 1.78 bits per heavy atom. The fourth-order valence-electron chi connectivity index (χ4n) is 4.47. The number of aromatic nitrogens is 1. The number of ketones is 1. The van der Waals surface area contributed by atoms with Gasteiger partial charge in [0.15, 0.2) is 5.78 Å². The fourth-order valence-corrected chi connectivity index (χ4v) is 4.47. The first-order valence-electron chi connectivity index (χ1n) is 9.83. The minimum absolute atomic E-state index is 0.238. The summed E-state index contributed by atoms with van der Waals surface area (Å²) in [4.78, 5) is 15.0. The second kappa shape index (κ2) is 6.41. The van der Waals surface area contributed by atoms with Gasteiger partial charge in [-0.05, 0) is 37.5 Å². The lowest BCUT2D eigenvalue weighted by atomic mass is 9.84. The Balaban J connectivity index is 1.56. The van der Waals surface area contributed by atoms with E-state index in [4.69, 9.17) is 0 Å². The summed E-state index contributed by atoms with van der Waals surface area (Å²) in [6.45, 7) is 4.99. The number of piperidine rings is 3. The van der Waals surface area contributed by atoms with Crippen LogP contribution in [-0.2, 0) is 11.3 Å². The van der Waals surface area contributed by atoms with Crippen molar-refractivity contribution in [2.24, 2.45) is 5.92 Å². The van der Waals surface area contributed by atoms with Crippen molar-refractivity contribution < 1.29 is 4.79 Å². The number of aryl methyl sites for hydroxylation is 1. The molecule has 2 aromatic carbocycles. The molecule has 0 spiro atoms. The fraction of sp³-hybridized carbons (Fsp3) is 0.292. The van der Waals surface area contributed by atoms with Crippen LogP contribution < -0.4 is 0 Å². The third kappa shape index (κ3) is 2.87. The zero-order chi connectivity index (χ0) is 18.4. The highest BCUT2D eigenvalue weighted by Gasteiger charge is 2.36. The van der Waals surface area contributed by atoms with E-state index < -0.39 is 0 Å². The van der Waals surface area contributed by atoms with Gasteiger partial charge in [0.05, 0.1) is 5.70 Å². The maximum Gasteiger partial charge on any atom is 0.182 e. The van der Waals surface area contributed by atoms with Crippen LogP contribution in [0.3, 0.4) is 0 Å². The number of fused-ring (bicyclic) bond motifs is 4. The summed E-state index contributed by atoms with van der Waals surface area (Å²) in [6, 6.07) is 17.2. The Hall–Kier alpha value is -2.81. The van der Waals surface area contributed by atoms with Crippen LogP contribution in [-0.4, -0.2) is 28.3 Å². The lowest BCUT2D eigenvalue weighted by Crippen LogP contribution is -2.45. The first-order valence-corrected chi connectivity index (χ1v) is 9.83. The summed E-state index contributed by atoms with van der Waals surface area (Å²) < 4.78 is 2.30. The van der Waals surface area contributed by atoms with Crippen LogP contribution in [0.1, 0.15) is 29.5 Å². The van der Waals surface area contributed by atoms with Gasteiger partial charge in [-0.15, -0.1) is 0 Å². The van der Waals surface area contributed by atoms with Gasteiger partial charge in [-0.3, -0.25) is 4.79 Å². The number of rotatable bonds is 3. The van der Waals surface area contributed by atoms with Gasteiger partial charge in [-0.2, -0.15) is 0 Å². The molecule has 0 amide bonds. The lowest BCUT2D eigenvalue weighted by Gasteiger charge is -2.41. The molecule has 0 radical (unpaired) electrons. The highest BCUT2D eigenvalue weighted by molar-refractivity contribution is 6.04. The van der Waals surface area contributed by atoms with Crippen LogP contribution in [0.5, 0.6) is 0 Å². The van der Waals surface area contributed by atoms with E-state index in [0.29, 0.717) is 5.78 Å². The Labute approximate surface area is 159 Å². The normalized spacial score (nSPS) is 18.8. The van der Waals surface area contributed by atoms with Crippen molar-refractivity contribution in [2.75, 3.05) is 13.1 Å². The second-order valence-electron chi connectivity index (χ2n) is 7.87. The van der Waals surface area contributed by atoms with Crippen molar-refractivity contribution in [3.63, 3.8) is 0 Å². The average molecular weight is 356 g/mol. The summed E-state index contributed by atoms with van der Waals surface area (Å²) in [5.74, 6) is 0.574. The quantitative estimate of drug-likeness (QED) is 0.639. The molecule has 3 heteroatoms. The summed E-state index contributed by atoms with van der Waals surface area (Å²) >= 11 is 0. The Bertz CT molecular complexity index is 1030. The van der Waals surface area contributed by atoms with Crippen molar-refractivity contribution >= 4 is 22.8 Å². The van der Waals surface area contributed by atoms with E-state index in [1.54, 1.807) is 0 Å². The van der Waals surface area contributed by atoms with E-state index in [1.165, 1.54) is 22.0 Å². The zero-order valence-corrected chi connectivity index (χ0v) is 15.7. The van der Waals surface area contributed by atoms with Gasteiger partial charge in [-0.1, -0.05) is 48.0 Å². The third-order valence-corrected chi connectivity index (χ3v) is 6.04. The predicted molar refractivity (Wildman–Crippen MR) is 110 cm³/mol. The molecule has 0 saturated carbocycles. The highest BCUT2D eigenvalue weighted by Crippen LogP contribution is 2.34. The molecule has 6 rings (SSSR count). The van der Waals surface area contributed by atoms with E-state index in [0.717, 1.165) is 43.7 Å². The summed E-state index contributed by atoms with van der Waals surface area (Å²) in [5.41, 5.74) is 5.84. The van der Waals surface area contributed by atoms with Gasteiger partial charge in [0.2, 0.25) is 0 Å². The van der Waals surface area contributed by atoms with Gasteiger partial charge < -0.3 is 9.47 Å². The van der Waals surface area contributed by atoms with Gasteiger partial charge >= 0.3 is 0 Å². The third-order valence-electron chi connectivity index (χ3n) is 6.04. The molecule has 136 valence electrons. The number of benzene rings is 2. The van der Waals surface area contributed by atoms with Crippen LogP contribution in [0.25, 0.3) is 17.0 Å². The molecule has 0 unspecified atom stereocenters. The molecule has 3 nitrogen and oxygen atoms in total. The van der Waals surface area contributed by atoms with Crippen molar-refractivity contribution in [1.29, 1.82) is 0 Å². The number of hydrogen-bond donors (Lipinski definition) is 0. The molecule has 27 heavy (non-hydrogen) atoms. The molecular formula is C24H24N2O. The van der Waals surface area contributed by atoms with E-state index in [1.807, 2.05) is 0 Å².